The number of aromatic nitrogens is 1. The van der Waals surface area contributed by atoms with Crippen LogP contribution < -0.4 is 15.8 Å². The number of halogens is 1. The molecule has 3 N–H and O–H groups in total. The van der Waals surface area contributed by atoms with Crippen molar-refractivity contribution in [3.63, 3.8) is 0 Å². The number of nitrogens with zero attached hydrogens (tertiary/aromatic N) is 1. The van der Waals surface area contributed by atoms with Crippen LogP contribution in [0.1, 0.15) is 29.4 Å². The van der Waals surface area contributed by atoms with Gasteiger partial charge in [0.25, 0.3) is 5.91 Å². The van der Waals surface area contributed by atoms with Gasteiger partial charge in [-0.05, 0) is 31.0 Å². The predicted molar refractivity (Wildman–Crippen MR) is 83.1 cm³/mol. The van der Waals surface area contributed by atoms with Crippen molar-refractivity contribution in [2.24, 2.45) is 0 Å². The monoisotopic (exact) mass is 305 g/mol. The Bertz CT molecular complexity index is 692. The van der Waals surface area contributed by atoms with E-state index in [1.165, 1.54) is 0 Å². The van der Waals surface area contributed by atoms with Crippen molar-refractivity contribution in [3.05, 3.63) is 41.2 Å². The fraction of sp³-hybridized carbons (Fsp3) is 0.267. The van der Waals surface area contributed by atoms with Crippen molar-refractivity contribution < 1.29 is 9.53 Å². The van der Waals surface area contributed by atoms with Gasteiger partial charge in [-0.3, -0.25) is 4.79 Å². The molecule has 1 aliphatic carbocycles. The SMILES string of the molecule is COc1ccc(Cl)c(NC(=O)c2cc(N)cn2C2CC2)c1. The summed E-state index contributed by atoms with van der Waals surface area (Å²) in [7, 11) is 1.56. The second kappa shape index (κ2) is 5.33. The van der Waals surface area contributed by atoms with Crippen LogP contribution in [0, 0.1) is 0 Å². The first-order chi connectivity index (χ1) is 10.1. The number of methoxy groups -OCH3 is 1. The Morgan fingerprint density at radius 1 is 1.43 bits per heavy atom. The van der Waals surface area contributed by atoms with Crippen LogP contribution in [-0.2, 0) is 0 Å². The number of nitrogens with two attached hydrogens (primary N) is 1. The molecule has 5 nitrogen and oxygen atoms in total. The summed E-state index contributed by atoms with van der Waals surface area (Å²) in [6, 6.07) is 7.17. The highest BCUT2D eigenvalue weighted by molar-refractivity contribution is 6.34. The maximum absolute atomic E-state index is 12.4. The normalized spacial score (nSPS) is 14.0. The summed E-state index contributed by atoms with van der Waals surface area (Å²) in [5.41, 5.74) is 7.46. The second-order valence-electron chi connectivity index (χ2n) is 5.10. The van der Waals surface area contributed by atoms with Crippen LogP contribution in [0.4, 0.5) is 11.4 Å². The molecule has 110 valence electrons. The maximum atomic E-state index is 12.4. The lowest BCUT2D eigenvalue weighted by Gasteiger charge is -2.11. The molecule has 0 unspecified atom stereocenters. The molecule has 1 amide bonds. The number of hydrogen-bond acceptors (Lipinski definition) is 3. The van der Waals surface area contributed by atoms with Crippen molar-refractivity contribution in [2.45, 2.75) is 18.9 Å². The number of nitrogen functional groups attached to an aromatic ring is 1. The number of anilines is 2. The number of carbonyl (C=O) groups excluding carboxylic acids is 1. The van der Waals surface area contributed by atoms with E-state index in [2.05, 4.69) is 5.32 Å². The number of hydrogen-bond donors (Lipinski definition) is 2. The van der Waals surface area contributed by atoms with E-state index in [9.17, 15) is 4.79 Å². The van der Waals surface area contributed by atoms with Gasteiger partial charge in [-0.1, -0.05) is 11.6 Å². The smallest absolute Gasteiger partial charge is 0.272 e. The molecule has 3 rings (SSSR count). The molecule has 0 aliphatic heterocycles. The minimum atomic E-state index is -0.228. The lowest BCUT2D eigenvalue weighted by Crippen LogP contribution is -2.16. The summed E-state index contributed by atoms with van der Waals surface area (Å²) in [4.78, 5) is 12.4. The first-order valence-corrected chi connectivity index (χ1v) is 7.08. The Morgan fingerprint density at radius 2 is 2.19 bits per heavy atom. The van der Waals surface area contributed by atoms with Gasteiger partial charge in [-0.25, -0.2) is 0 Å². The van der Waals surface area contributed by atoms with Gasteiger partial charge in [0.15, 0.2) is 0 Å². The number of nitrogens with one attached hydrogen (secondary N) is 1. The Balaban J connectivity index is 1.86. The van der Waals surface area contributed by atoms with Crippen LogP contribution in [0.25, 0.3) is 0 Å². The first-order valence-electron chi connectivity index (χ1n) is 6.70. The number of ether oxygens (including phenoxy) is 1. The third-order valence-corrected chi connectivity index (χ3v) is 3.79. The summed E-state index contributed by atoms with van der Waals surface area (Å²) in [6.45, 7) is 0. The lowest BCUT2D eigenvalue weighted by molar-refractivity contribution is 0.101. The molecular formula is C15H16ClN3O2. The topological polar surface area (TPSA) is 69.3 Å². The van der Waals surface area contributed by atoms with Crippen LogP contribution in [0.15, 0.2) is 30.5 Å². The van der Waals surface area contributed by atoms with Gasteiger partial charge in [0.05, 0.1) is 23.5 Å². The van der Waals surface area contributed by atoms with Gasteiger partial charge in [-0.2, -0.15) is 0 Å². The number of amides is 1. The molecule has 1 fully saturated rings. The molecular weight excluding hydrogens is 290 g/mol. The quantitative estimate of drug-likeness (QED) is 0.910. The average molecular weight is 306 g/mol. The molecule has 21 heavy (non-hydrogen) atoms. The average Bonchev–Trinajstić information content (AvgIpc) is 3.23. The molecule has 0 spiro atoms. The highest BCUT2D eigenvalue weighted by Crippen LogP contribution is 2.37. The van der Waals surface area contributed by atoms with Gasteiger partial charge in [0.1, 0.15) is 11.4 Å². The zero-order valence-electron chi connectivity index (χ0n) is 11.6. The third-order valence-electron chi connectivity index (χ3n) is 3.46. The molecule has 1 heterocycles. The van der Waals surface area contributed by atoms with Crippen molar-refractivity contribution >= 4 is 28.9 Å². The Labute approximate surface area is 127 Å². The van der Waals surface area contributed by atoms with E-state index in [-0.39, 0.29) is 5.91 Å². The van der Waals surface area contributed by atoms with Gasteiger partial charge in [0.2, 0.25) is 0 Å². The molecule has 2 aromatic rings. The molecule has 1 aromatic heterocycles. The minimum Gasteiger partial charge on any atom is -0.497 e. The standard InChI is InChI=1S/C15H16ClN3O2/c1-21-11-4-5-12(16)13(7-11)18-15(20)14-6-9(17)8-19(14)10-2-3-10/h4-8,10H,2-3,17H2,1H3,(H,18,20). The highest BCUT2D eigenvalue weighted by atomic mass is 35.5. The third kappa shape index (κ3) is 2.83. The molecule has 1 saturated carbocycles. The largest absolute Gasteiger partial charge is 0.497 e. The van der Waals surface area contributed by atoms with Crippen molar-refractivity contribution in [3.8, 4) is 5.75 Å². The molecule has 1 aromatic carbocycles. The molecule has 6 heteroatoms. The number of carbonyl (C=O) groups is 1. The van der Waals surface area contributed by atoms with E-state index in [0.717, 1.165) is 12.8 Å². The van der Waals surface area contributed by atoms with E-state index in [0.29, 0.717) is 33.9 Å². The number of rotatable bonds is 4. The number of benzene rings is 1. The molecule has 0 bridgehead atoms. The summed E-state index contributed by atoms with van der Waals surface area (Å²) in [5.74, 6) is 0.403. The molecule has 0 radical (unpaired) electrons. The van der Waals surface area contributed by atoms with Crippen LogP contribution >= 0.6 is 11.6 Å². The van der Waals surface area contributed by atoms with Gasteiger partial charge in [0, 0.05) is 18.3 Å². The van der Waals surface area contributed by atoms with E-state index in [1.54, 1.807) is 37.6 Å². The van der Waals surface area contributed by atoms with Crippen molar-refractivity contribution in [1.82, 2.24) is 4.57 Å². The highest BCUT2D eigenvalue weighted by Gasteiger charge is 2.27. The van der Waals surface area contributed by atoms with E-state index in [1.807, 2.05) is 4.57 Å². The summed E-state index contributed by atoms with van der Waals surface area (Å²) >= 11 is 6.10. The predicted octanol–water partition coefficient (Wildman–Crippen LogP) is 3.32. The fourth-order valence-corrected chi connectivity index (χ4v) is 2.42. The second-order valence-corrected chi connectivity index (χ2v) is 5.50. The first kappa shape index (κ1) is 13.8. The Kier molecular flexibility index (Phi) is 3.51. The summed E-state index contributed by atoms with van der Waals surface area (Å²) < 4.78 is 7.07. The summed E-state index contributed by atoms with van der Waals surface area (Å²) in [6.07, 6.45) is 3.96. The maximum Gasteiger partial charge on any atom is 0.272 e. The van der Waals surface area contributed by atoms with Crippen molar-refractivity contribution in [2.75, 3.05) is 18.2 Å². The summed E-state index contributed by atoms with van der Waals surface area (Å²) in [5, 5.41) is 3.27. The Morgan fingerprint density at radius 3 is 2.86 bits per heavy atom. The van der Waals surface area contributed by atoms with E-state index >= 15 is 0 Å². The van der Waals surface area contributed by atoms with Gasteiger partial charge in [-0.15, -0.1) is 0 Å². The zero-order valence-corrected chi connectivity index (χ0v) is 12.4. The molecule has 0 saturated heterocycles. The zero-order chi connectivity index (χ0) is 15.0. The molecule has 1 aliphatic rings. The van der Waals surface area contributed by atoms with Crippen LogP contribution in [0.5, 0.6) is 5.75 Å². The van der Waals surface area contributed by atoms with Crippen LogP contribution in [0.2, 0.25) is 5.02 Å². The Hall–Kier alpha value is -2.14. The fourth-order valence-electron chi connectivity index (χ4n) is 2.25. The molecule has 0 atom stereocenters. The minimum absolute atomic E-state index is 0.228. The van der Waals surface area contributed by atoms with Crippen LogP contribution in [0.3, 0.4) is 0 Å². The van der Waals surface area contributed by atoms with Gasteiger partial charge >= 0.3 is 0 Å². The van der Waals surface area contributed by atoms with Gasteiger partial charge < -0.3 is 20.4 Å². The van der Waals surface area contributed by atoms with E-state index < -0.39 is 0 Å². The lowest BCUT2D eigenvalue weighted by atomic mass is 10.3. The van der Waals surface area contributed by atoms with Crippen molar-refractivity contribution in [1.29, 1.82) is 0 Å². The van der Waals surface area contributed by atoms with E-state index in [4.69, 9.17) is 22.1 Å². The van der Waals surface area contributed by atoms with Crippen LogP contribution in [-0.4, -0.2) is 17.6 Å².